The minimum Gasteiger partial charge on any atom is -0.244 e. The van der Waals surface area contributed by atoms with Crippen LogP contribution in [0.25, 0.3) is 66.6 Å². The summed E-state index contributed by atoms with van der Waals surface area (Å²) in [6.07, 6.45) is 0. The fraction of sp³-hybridized carbons (Fsp3) is 0.0526. The van der Waals surface area contributed by atoms with Gasteiger partial charge in [0, 0.05) is 11.1 Å². The van der Waals surface area contributed by atoms with E-state index < -0.39 is 0 Å². The van der Waals surface area contributed by atoms with Crippen molar-refractivity contribution in [1.82, 2.24) is 9.97 Å². The molecule has 0 unspecified atom stereocenters. The van der Waals surface area contributed by atoms with Gasteiger partial charge in [0.1, 0.15) is 0 Å². The molecule has 0 N–H and O–H groups in total. The number of rotatable bonds is 4. The molecule has 2 heteroatoms. The number of para-hydroxylation sites is 2. The van der Waals surface area contributed by atoms with Crippen LogP contribution in [0.15, 0.2) is 133 Å². The molecule has 0 atom stereocenters. The molecule has 0 spiro atoms. The van der Waals surface area contributed by atoms with E-state index in [1.165, 1.54) is 38.6 Å². The molecule has 0 saturated carbocycles. The van der Waals surface area contributed by atoms with Crippen LogP contribution in [0.1, 0.15) is 11.1 Å². The van der Waals surface area contributed by atoms with Crippen molar-refractivity contribution < 1.29 is 0 Å². The number of aromatic nitrogens is 2. The molecular formula is C38H28N2. The van der Waals surface area contributed by atoms with Gasteiger partial charge in [0.25, 0.3) is 0 Å². The van der Waals surface area contributed by atoms with Gasteiger partial charge in [0.2, 0.25) is 0 Å². The maximum atomic E-state index is 5.11. The lowest BCUT2D eigenvalue weighted by Gasteiger charge is -2.13. The van der Waals surface area contributed by atoms with Crippen LogP contribution >= 0.6 is 0 Å². The van der Waals surface area contributed by atoms with E-state index in [-0.39, 0.29) is 0 Å². The maximum Gasteiger partial charge on any atom is 0.0973 e. The quantitative estimate of drug-likeness (QED) is 0.234. The largest absolute Gasteiger partial charge is 0.244 e. The fourth-order valence-electron chi connectivity index (χ4n) is 5.60. The molecule has 7 aromatic rings. The van der Waals surface area contributed by atoms with Crippen LogP contribution in [0, 0.1) is 13.8 Å². The highest BCUT2D eigenvalue weighted by Gasteiger charge is 2.14. The Morgan fingerprint density at radius 2 is 1.00 bits per heavy atom. The van der Waals surface area contributed by atoms with Gasteiger partial charge in [-0.05, 0) is 88.3 Å². The van der Waals surface area contributed by atoms with Gasteiger partial charge in [-0.15, -0.1) is 0 Å². The molecule has 40 heavy (non-hydrogen) atoms. The molecule has 0 aliphatic heterocycles. The van der Waals surface area contributed by atoms with Gasteiger partial charge >= 0.3 is 0 Å². The van der Waals surface area contributed by atoms with Gasteiger partial charge in [-0.25, -0.2) is 9.97 Å². The molecule has 0 fully saturated rings. The van der Waals surface area contributed by atoms with Crippen LogP contribution in [0.3, 0.4) is 0 Å². The van der Waals surface area contributed by atoms with Gasteiger partial charge in [-0.1, -0.05) is 103 Å². The smallest absolute Gasteiger partial charge is 0.0973 e. The van der Waals surface area contributed by atoms with E-state index >= 15 is 0 Å². The molecule has 190 valence electrons. The summed E-state index contributed by atoms with van der Waals surface area (Å²) < 4.78 is 0. The van der Waals surface area contributed by atoms with E-state index in [9.17, 15) is 0 Å². The Morgan fingerprint density at radius 3 is 1.77 bits per heavy atom. The van der Waals surface area contributed by atoms with Gasteiger partial charge in [-0.3, -0.25) is 0 Å². The van der Waals surface area contributed by atoms with E-state index in [1.54, 1.807) is 0 Å². The summed E-state index contributed by atoms with van der Waals surface area (Å²) in [7, 11) is 0. The molecule has 1 heterocycles. The zero-order valence-corrected chi connectivity index (χ0v) is 22.6. The summed E-state index contributed by atoms with van der Waals surface area (Å²) in [5, 5.41) is 2.49. The van der Waals surface area contributed by atoms with Crippen molar-refractivity contribution in [2.24, 2.45) is 0 Å². The van der Waals surface area contributed by atoms with Crippen LogP contribution < -0.4 is 0 Å². The zero-order valence-electron chi connectivity index (χ0n) is 22.6. The molecule has 0 amide bonds. The van der Waals surface area contributed by atoms with Crippen molar-refractivity contribution in [3.63, 3.8) is 0 Å². The van der Waals surface area contributed by atoms with E-state index in [0.29, 0.717) is 0 Å². The molecule has 0 aliphatic carbocycles. The van der Waals surface area contributed by atoms with E-state index in [0.717, 1.165) is 39.1 Å². The second-order valence-electron chi connectivity index (χ2n) is 10.4. The highest BCUT2D eigenvalue weighted by molar-refractivity contribution is 5.93. The first-order chi connectivity index (χ1) is 19.6. The van der Waals surface area contributed by atoms with Crippen molar-refractivity contribution >= 4 is 21.8 Å². The minimum absolute atomic E-state index is 0.894. The van der Waals surface area contributed by atoms with Gasteiger partial charge in [-0.2, -0.15) is 0 Å². The second kappa shape index (κ2) is 9.91. The summed E-state index contributed by atoms with van der Waals surface area (Å²) in [5.41, 5.74) is 13.2. The molecule has 7 rings (SSSR count). The monoisotopic (exact) mass is 512 g/mol. The summed E-state index contributed by atoms with van der Waals surface area (Å²) in [6.45, 7) is 4.38. The Balaban J connectivity index is 1.36. The molecule has 0 aliphatic rings. The minimum atomic E-state index is 0.894. The standard InChI is InChI=1S/C38H28N2/c1-25-11-6-7-16-33(25)34-24-32-23-30(20-19-29(32)21-26(34)2)28-14-10-15-31(22-28)38-37(27-12-4-3-5-13-27)39-35-17-8-9-18-36(35)40-38/h3-24H,1-2H3. The van der Waals surface area contributed by atoms with Crippen LogP contribution in [-0.4, -0.2) is 9.97 Å². The van der Waals surface area contributed by atoms with Gasteiger partial charge in [0.05, 0.1) is 22.4 Å². The molecule has 0 saturated heterocycles. The van der Waals surface area contributed by atoms with E-state index in [4.69, 9.17) is 9.97 Å². The second-order valence-corrected chi connectivity index (χ2v) is 10.4. The molecular weight excluding hydrogens is 484 g/mol. The summed E-state index contributed by atoms with van der Waals surface area (Å²) in [4.78, 5) is 10.2. The molecule has 0 bridgehead atoms. The first-order valence-electron chi connectivity index (χ1n) is 13.7. The number of hydrogen-bond donors (Lipinski definition) is 0. The number of benzene rings is 6. The predicted molar refractivity (Wildman–Crippen MR) is 168 cm³/mol. The van der Waals surface area contributed by atoms with Crippen molar-refractivity contribution in [2.45, 2.75) is 13.8 Å². The Labute approximate surface area is 234 Å². The normalized spacial score (nSPS) is 11.2. The first-order valence-corrected chi connectivity index (χ1v) is 13.7. The first kappa shape index (κ1) is 24.0. The lowest BCUT2D eigenvalue weighted by molar-refractivity contribution is 1.29. The van der Waals surface area contributed by atoms with Crippen LogP contribution in [0.2, 0.25) is 0 Å². The lowest BCUT2D eigenvalue weighted by atomic mass is 9.92. The Kier molecular flexibility index (Phi) is 5.94. The van der Waals surface area contributed by atoms with Crippen molar-refractivity contribution in [1.29, 1.82) is 0 Å². The number of hydrogen-bond acceptors (Lipinski definition) is 2. The third kappa shape index (κ3) is 4.34. The number of nitrogens with zero attached hydrogens (tertiary/aromatic N) is 2. The molecule has 6 aromatic carbocycles. The van der Waals surface area contributed by atoms with E-state index in [1.807, 2.05) is 42.5 Å². The average molecular weight is 513 g/mol. The topological polar surface area (TPSA) is 25.8 Å². The summed E-state index contributed by atoms with van der Waals surface area (Å²) in [6, 6.07) is 47.1. The Bertz CT molecular complexity index is 2020. The van der Waals surface area contributed by atoms with Crippen LogP contribution in [-0.2, 0) is 0 Å². The zero-order chi connectivity index (χ0) is 27.1. The molecule has 0 radical (unpaired) electrons. The van der Waals surface area contributed by atoms with Crippen molar-refractivity contribution in [3.8, 4) is 44.8 Å². The number of aryl methyl sites for hydroxylation is 2. The Hall–Kier alpha value is -5.08. The van der Waals surface area contributed by atoms with Crippen LogP contribution in [0.4, 0.5) is 0 Å². The third-order valence-corrected chi connectivity index (χ3v) is 7.71. The SMILES string of the molecule is Cc1ccccc1-c1cc2cc(-c3cccc(-c4nc5ccccc5nc4-c4ccccc4)c3)ccc2cc1C. The van der Waals surface area contributed by atoms with Crippen molar-refractivity contribution in [2.75, 3.05) is 0 Å². The number of fused-ring (bicyclic) bond motifs is 2. The fourth-order valence-corrected chi connectivity index (χ4v) is 5.60. The molecule has 2 nitrogen and oxygen atoms in total. The van der Waals surface area contributed by atoms with Crippen molar-refractivity contribution in [3.05, 3.63) is 145 Å². The predicted octanol–water partition coefficient (Wildman–Crippen LogP) is 10.1. The highest BCUT2D eigenvalue weighted by atomic mass is 14.8. The maximum absolute atomic E-state index is 5.11. The summed E-state index contributed by atoms with van der Waals surface area (Å²) >= 11 is 0. The summed E-state index contributed by atoms with van der Waals surface area (Å²) in [5.74, 6) is 0. The van der Waals surface area contributed by atoms with Gasteiger partial charge < -0.3 is 0 Å². The highest BCUT2D eigenvalue weighted by Crippen LogP contribution is 2.35. The average Bonchev–Trinajstić information content (AvgIpc) is 3.01. The van der Waals surface area contributed by atoms with E-state index in [2.05, 4.69) is 105 Å². The molecule has 1 aromatic heterocycles. The van der Waals surface area contributed by atoms with Gasteiger partial charge in [0.15, 0.2) is 0 Å². The van der Waals surface area contributed by atoms with Crippen LogP contribution in [0.5, 0.6) is 0 Å². The third-order valence-electron chi connectivity index (χ3n) is 7.71. The lowest BCUT2D eigenvalue weighted by Crippen LogP contribution is -1.95. The Morgan fingerprint density at radius 1 is 0.375 bits per heavy atom.